The molecule has 0 unspecified atom stereocenters. The van der Waals surface area contributed by atoms with Crippen LogP contribution in [0, 0.1) is 0 Å². The van der Waals surface area contributed by atoms with Gasteiger partial charge < -0.3 is 15.6 Å². The molecule has 0 radical (unpaired) electrons. The molecule has 0 aromatic carbocycles. The molecule has 0 aliphatic carbocycles. The molecular weight excluding hydrogens is 228 g/mol. The van der Waals surface area contributed by atoms with Gasteiger partial charge in [0, 0.05) is 11.1 Å². The summed E-state index contributed by atoms with van der Waals surface area (Å²) in [5.74, 6) is 0. The first-order valence-corrected chi connectivity index (χ1v) is 7.14. The van der Waals surface area contributed by atoms with E-state index in [0.717, 1.165) is 38.8 Å². The zero-order valence-corrected chi connectivity index (χ0v) is 12.4. The van der Waals surface area contributed by atoms with Gasteiger partial charge in [-0.25, -0.2) is 0 Å². The molecule has 0 aromatic heterocycles. The van der Waals surface area contributed by atoms with Crippen LogP contribution in [0.3, 0.4) is 0 Å². The molecule has 2 saturated heterocycles. The number of hydrogen-bond donors (Lipinski definition) is 3. The Hall–Kier alpha value is -0.160. The lowest BCUT2D eigenvalue weighted by atomic mass is 9.82. The number of rotatable bonds is 0. The van der Waals surface area contributed by atoms with E-state index in [0.29, 0.717) is 0 Å². The average Bonchev–Trinajstić information content (AvgIpc) is 2.27. The Kier molecular flexibility index (Phi) is 5.59. The fraction of sp³-hybridized carbons (Fsp3) is 1.00. The molecule has 0 amide bonds. The maximum Gasteiger partial charge on any atom is 0.0564 e. The van der Waals surface area contributed by atoms with Crippen LogP contribution in [0.5, 0.6) is 0 Å². The normalized spacial score (nSPS) is 28.3. The number of hydrogen-bond acceptors (Lipinski definition) is 4. The van der Waals surface area contributed by atoms with Gasteiger partial charge >= 0.3 is 0 Å². The topological polar surface area (TPSA) is 55.7 Å². The SMILES string of the molecule is CC1(C)CCCC(C)(C)N1O.OC1CCNCC1. The first kappa shape index (κ1) is 15.9. The molecule has 4 heteroatoms. The maximum atomic E-state index is 9.80. The van der Waals surface area contributed by atoms with Crippen molar-refractivity contribution in [3.05, 3.63) is 0 Å². The van der Waals surface area contributed by atoms with Crippen molar-refractivity contribution in [2.45, 2.75) is 77.0 Å². The van der Waals surface area contributed by atoms with E-state index in [9.17, 15) is 5.21 Å². The Bertz CT molecular complexity index is 232. The molecule has 2 aliphatic rings. The number of nitrogens with one attached hydrogen (secondary N) is 1. The number of aliphatic hydroxyl groups is 1. The molecule has 0 spiro atoms. The summed E-state index contributed by atoms with van der Waals surface area (Å²) in [6.45, 7) is 10.3. The highest BCUT2D eigenvalue weighted by Gasteiger charge is 2.40. The van der Waals surface area contributed by atoms with E-state index in [-0.39, 0.29) is 17.2 Å². The second-order valence-corrected chi connectivity index (χ2v) is 6.77. The van der Waals surface area contributed by atoms with E-state index < -0.39 is 0 Å². The Labute approximate surface area is 111 Å². The van der Waals surface area contributed by atoms with Crippen molar-refractivity contribution in [3.8, 4) is 0 Å². The summed E-state index contributed by atoms with van der Waals surface area (Å²) in [4.78, 5) is 0. The summed E-state index contributed by atoms with van der Waals surface area (Å²) in [6.07, 6.45) is 5.23. The van der Waals surface area contributed by atoms with E-state index in [1.165, 1.54) is 11.5 Å². The minimum atomic E-state index is -0.0399. The van der Waals surface area contributed by atoms with Crippen molar-refractivity contribution in [2.75, 3.05) is 13.1 Å². The summed E-state index contributed by atoms with van der Waals surface area (Å²) >= 11 is 0. The quantitative estimate of drug-likeness (QED) is 0.623. The Morgan fingerprint density at radius 1 is 1.00 bits per heavy atom. The van der Waals surface area contributed by atoms with Crippen molar-refractivity contribution in [1.82, 2.24) is 10.4 Å². The van der Waals surface area contributed by atoms with Crippen LogP contribution >= 0.6 is 0 Å². The molecule has 3 N–H and O–H groups in total. The monoisotopic (exact) mass is 258 g/mol. The van der Waals surface area contributed by atoms with E-state index in [4.69, 9.17) is 5.11 Å². The Balaban J connectivity index is 0.000000199. The summed E-state index contributed by atoms with van der Waals surface area (Å²) in [6, 6.07) is 0. The summed E-state index contributed by atoms with van der Waals surface area (Å²) < 4.78 is 0. The number of piperidine rings is 2. The maximum absolute atomic E-state index is 9.80. The molecular formula is C14H30N2O2. The van der Waals surface area contributed by atoms with E-state index >= 15 is 0 Å². The predicted octanol–water partition coefficient (Wildman–Crippen LogP) is 2.15. The van der Waals surface area contributed by atoms with Gasteiger partial charge in [-0.2, -0.15) is 5.06 Å². The van der Waals surface area contributed by atoms with Gasteiger partial charge in [-0.1, -0.05) is 0 Å². The fourth-order valence-electron chi connectivity index (χ4n) is 2.79. The standard InChI is InChI=1S/C9H19NO.C5H11NO/c1-8(2)6-5-7-9(3,4)10(8)11;7-5-1-3-6-4-2-5/h11H,5-7H2,1-4H3;5-7H,1-4H2. The molecule has 4 nitrogen and oxygen atoms in total. The predicted molar refractivity (Wildman–Crippen MR) is 73.7 cm³/mol. The molecule has 0 aromatic rings. The second-order valence-electron chi connectivity index (χ2n) is 6.77. The van der Waals surface area contributed by atoms with Crippen LogP contribution in [0.4, 0.5) is 0 Å². The van der Waals surface area contributed by atoms with E-state index in [2.05, 4.69) is 33.0 Å². The molecule has 0 bridgehead atoms. The van der Waals surface area contributed by atoms with Crippen molar-refractivity contribution < 1.29 is 10.3 Å². The summed E-state index contributed by atoms with van der Waals surface area (Å²) in [5, 5.41) is 23.3. The van der Waals surface area contributed by atoms with Crippen LogP contribution in [0.2, 0.25) is 0 Å². The van der Waals surface area contributed by atoms with Gasteiger partial charge in [-0.15, -0.1) is 0 Å². The van der Waals surface area contributed by atoms with Gasteiger partial charge in [0.1, 0.15) is 0 Å². The smallest absolute Gasteiger partial charge is 0.0564 e. The summed E-state index contributed by atoms with van der Waals surface area (Å²) in [5.41, 5.74) is -0.0799. The van der Waals surface area contributed by atoms with Gasteiger partial charge in [0.2, 0.25) is 0 Å². The lowest BCUT2D eigenvalue weighted by Gasteiger charge is -2.48. The third-order valence-electron chi connectivity index (χ3n) is 4.03. The molecule has 2 rings (SSSR count). The van der Waals surface area contributed by atoms with E-state index in [1.54, 1.807) is 0 Å². The lowest BCUT2D eigenvalue weighted by molar-refractivity contribution is -0.241. The van der Waals surface area contributed by atoms with Crippen LogP contribution in [0.25, 0.3) is 0 Å². The molecule has 0 atom stereocenters. The molecule has 2 fully saturated rings. The minimum Gasteiger partial charge on any atom is -0.393 e. The number of hydroxylamine groups is 2. The minimum absolute atomic E-state index is 0.0266. The first-order chi connectivity index (χ1) is 8.26. The van der Waals surface area contributed by atoms with Crippen LogP contribution < -0.4 is 5.32 Å². The summed E-state index contributed by atoms with van der Waals surface area (Å²) in [7, 11) is 0. The van der Waals surface area contributed by atoms with Crippen molar-refractivity contribution in [1.29, 1.82) is 0 Å². The van der Waals surface area contributed by atoms with Crippen molar-refractivity contribution in [3.63, 3.8) is 0 Å². The highest BCUT2D eigenvalue weighted by molar-refractivity contribution is 4.91. The molecule has 2 heterocycles. The van der Waals surface area contributed by atoms with Gasteiger partial charge in [0.15, 0.2) is 0 Å². The zero-order chi connectivity index (χ0) is 13.8. The van der Waals surface area contributed by atoms with Crippen molar-refractivity contribution in [2.24, 2.45) is 0 Å². The fourth-order valence-corrected chi connectivity index (χ4v) is 2.79. The van der Waals surface area contributed by atoms with Crippen LogP contribution in [-0.2, 0) is 0 Å². The lowest BCUT2D eigenvalue weighted by Crippen LogP contribution is -2.56. The van der Waals surface area contributed by atoms with Gasteiger partial charge in [-0.3, -0.25) is 0 Å². The second kappa shape index (κ2) is 6.33. The first-order valence-electron chi connectivity index (χ1n) is 7.14. The Morgan fingerprint density at radius 3 is 1.72 bits per heavy atom. The van der Waals surface area contributed by atoms with Crippen LogP contribution in [0.1, 0.15) is 59.8 Å². The largest absolute Gasteiger partial charge is 0.393 e. The van der Waals surface area contributed by atoms with E-state index in [1.807, 2.05) is 0 Å². The highest BCUT2D eigenvalue weighted by atomic mass is 16.5. The van der Waals surface area contributed by atoms with Gasteiger partial charge in [-0.05, 0) is 72.9 Å². The molecule has 108 valence electrons. The number of aliphatic hydroxyl groups excluding tert-OH is 1. The van der Waals surface area contributed by atoms with Gasteiger partial charge in [0.05, 0.1) is 6.10 Å². The van der Waals surface area contributed by atoms with Crippen LogP contribution in [0.15, 0.2) is 0 Å². The Morgan fingerprint density at radius 2 is 1.44 bits per heavy atom. The molecule has 18 heavy (non-hydrogen) atoms. The molecule has 2 aliphatic heterocycles. The third-order valence-corrected chi connectivity index (χ3v) is 4.03. The van der Waals surface area contributed by atoms with Gasteiger partial charge in [0.25, 0.3) is 0 Å². The highest BCUT2D eigenvalue weighted by Crippen LogP contribution is 2.35. The third kappa shape index (κ3) is 4.50. The van der Waals surface area contributed by atoms with Crippen molar-refractivity contribution >= 4 is 0 Å². The number of nitrogens with zero attached hydrogens (tertiary/aromatic N) is 1. The average molecular weight is 258 g/mol. The molecule has 0 saturated carbocycles. The zero-order valence-electron chi connectivity index (χ0n) is 12.4. The van der Waals surface area contributed by atoms with Crippen LogP contribution in [-0.4, -0.2) is 45.6 Å².